The maximum atomic E-state index is 6.34. The molecule has 3 aliphatic rings. The van der Waals surface area contributed by atoms with Gasteiger partial charge in [-0.1, -0.05) is 29.8 Å². The van der Waals surface area contributed by atoms with E-state index < -0.39 is 0 Å². The lowest BCUT2D eigenvalue weighted by Gasteiger charge is -2.32. The van der Waals surface area contributed by atoms with Crippen LogP contribution in [-0.4, -0.2) is 79.1 Å². The third kappa shape index (κ3) is 6.95. The van der Waals surface area contributed by atoms with Gasteiger partial charge in [0.2, 0.25) is 0 Å². The molecule has 0 aromatic heterocycles. The van der Waals surface area contributed by atoms with Crippen LogP contribution in [0.25, 0.3) is 0 Å². The van der Waals surface area contributed by atoms with Crippen molar-refractivity contribution in [3.63, 3.8) is 0 Å². The van der Waals surface area contributed by atoms with Crippen LogP contribution >= 0.6 is 35.6 Å². The number of guanidine groups is 1. The molecule has 1 unspecified atom stereocenters. The van der Waals surface area contributed by atoms with Gasteiger partial charge in [-0.3, -0.25) is 14.8 Å². The number of nitrogens with zero attached hydrogens (tertiary/aromatic N) is 4. The van der Waals surface area contributed by atoms with Gasteiger partial charge in [-0.25, -0.2) is 0 Å². The number of halogens is 2. The molecule has 0 saturated carbocycles. The molecule has 0 bridgehead atoms. The van der Waals surface area contributed by atoms with Crippen LogP contribution in [0.2, 0.25) is 5.02 Å². The lowest BCUT2D eigenvalue weighted by Crippen LogP contribution is -2.43. The van der Waals surface area contributed by atoms with Crippen molar-refractivity contribution >= 4 is 41.5 Å². The van der Waals surface area contributed by atoms with E-state index in [2.05, 4.69) is 39.1 Å². The van der Waals surface area contributed by atoms with E-state index in [1.807, 2.05) is 12.1 Å². The first-order valence-electron chi connectivity index (χ1n) is 12.0. The van der Waals surface area contributed by atoms with Crippen molar-refractivity contribution in [3.05, 3.63) is 34.9 Å². The summed E-state index contributed by atoms with van der Waals surface area (Å²) in [7, 11) is 0. The van der Waals surface area contributed by atoms with Gasteiger partial charge < -0.3 is 10.2 Å². The molecular weight excluding hydrogens is 521 g/mol. The summed E-state index contributed by atoms with van der Waals surface area (Å²) in [6.07, 6.45) is 6.48. The van der Waals surface area contributed by atoms with Gasteiger partial charge in [-0.05, 0) is 82.8 Å². The molecule has 1 aromatic carbocycles. The first-order valence-corrected chi connectivity index (χ1v) is 12.3. The lowest BCUT2D eigenvalue weighted by molar-refractivity contribution is 0.180. The summed E-state index contributed by atoms with van der Waals surface area (Å²) in [6, 6.07) is 8.95. The second-order valence-electron chi connectivity index (χ2n) is 9.14. The average molecular weight is 560 g/mol. The molecule has 31 heavy (non-hydrogen) atoms. The maximum Gasteiger partial charge on any atom is 0.193 e. The Balaban J connectivity index is 0.00000272. The van der Waals surface area contributed by atoms with E-state index >= 15 is 0 Å². The Kier molecular flexibility index (Phi) is 10.2. The van der Waals surface area contributed by atoms with Gasteiger partial charge in [-0.15, -0.1) is 24.0 Å². The SMILES string of the molecule is CCNC(=NCC1CCN(Cc2ccccc2Cl)CC1)N1CCC(N2CCCC2)C1.I. The van der Waals surface area contributed by atoms with Crippen molar-refractivity contribution in [2.75, 3.05) is 52.4 Å². The highest BCUT2D eigenvalue weighted by molar-refractivity contribution is 14.0. The molecule has 3 fully saturated rings. The summed E-state index contributed by atoms with van der Waals surface area (Å²) in [5.41, 5.74) is 1.24. The highest BCUT2D eigenvalue weighted by atomic mass is 127. The zero-order valence-corrected chi connectivity index (χ0v) is 22.0. The summed E-state index contributed by atoms with van der Waals surface area (Å²) in [5.74, 6) is 1.83. The van der Waals surface area contributed by atoms with E-state index in [1.54, 1.807) is 0 Å². The molecule has 1 aromatic rings. The molecule has 1 N–H and O–H groups in total. The van der Waals surface area contributed by atoms with Crippen molar-refractivity contribution in [1.82, 2.24) is 20.0 Å². The Labute approximate surface area is 210 Å². The molecule has 7 heteroatoms. The summed E-state index contributed by atoms with van der Waals surface area (Å²) < 4.78 is 0. The van der Waals surface area contributed by atoms with Gasteiger partial charge in [0.05, 0.1) is 0 Å². The van der Waals surface area contributed by atoms with Gasteiger partial charge >= 0.3 is 0 Å². The van der Waals surface area contributed by atoms with E-state index in [1.165, 1.54) is 50.8 Å². The zero-order chi connectivity index (χ0) is 20.8. The lowest BCUT2D eigenvalue weighted by atomic mass is 9.96. The van der Waals surface area contributed by atoms with Crippen molar-refractivity contribution in [3.8, 4) is 0 Å². The first kappa shape index (κ1) is 25.1. The number of hydrogen-bond acceptors (Lipinski definition) is 3. The predicted molar refractivity (Wildman–Crippen MR) is 142 cm³/mol. The Morgan fingerprint density at radius 1 is 1.06 bits per heavy atom. The van der Waals surface area contributed by atoms with Crippen LogP contribution in [0.5, 0.6) is 0 Å². The molecule has 0 amide bonds. The normalized spacial score (nSPS) is 23.9. The molecule has 5 nitrogen and oxygen atoms in total. The van der Waals surface area contributed by atoms with E-state index in [0.717, 1.165) is 62.8 Å². The van der Waals surface area contributed by atoms with E-state index in [4.69, 9.17) is 16.6 Å². The average Bonchev–Trinajstić information content (AvgIpc) is 3.46. The van der Waals surface area contributed by atoms with Crippen molar-refractivity contribution in [1.29, 1.82) is 0 Å². The fourth-order valence-electron chi connectivity index (χ4n) is 5.18. The molecule has 1 atom stereocenters. The number of rotatable bonds is 6. The topological polar surface area (TPSA) is 34.1 Å². The smallest absolute Gasteiger partial charge is 0.193 e. The Hall–Kier alpha value is -0.570. The maximum absolute atomic E-state index is 6.34. The molecule has 174 valence electrons. The highest BCUT2D eigenvalue weighted by Gasteiger charge is 2.30. The monoisotopic (exact) mass is 559 g/mol. The van der Waals surface area contributed by atoms with Crippen LogP contribution in [0, 0.1) is 5.92 Å². The fourth-order valence-corrected chi connectivity index (χ4v) is 5.37. The van der Waals surface area contributed by atoms with Crippen molar-refractivity contribution in [2.24, 2.45) is 10.9 Å². The van der Waals surface area contributed by atoms with Crippen LogP contribution in [0.1, 0.15) is 44.6 Å². The molecule has 0 spiro atoms. The molecule has 4 rings (SSSR count). The second kappa shape index (κ2) is 12.6. The third-order valence-corrected chi connectivity index (χ3v) is 7.38. The summed E-state index contributed by atoms with van der Waals surface area (Å²) in [5, 5.41) is 4.44. The van der Waals surface area contributed by atoms with Gasteiger partial charge in [0.25, 0.3) is 0 Å². The van der Waals surface area contributed by atoms with E-state index in [-0.39, 0.29) is 24.0 Å². The minimum Gasteiger partial charge on any atom is -0.357 e. The van der Waals surface area contributed by atoms with Crippen LogP contribution in [0.3, 0.4) is 0 Å². The second-order valence-corrected chi connectivity index (χ2v) is 9.54. The number of benzene rings is 1. The van der Waals surface area contributed by atoms with Gasteiger partial charge in [0, 0.05) is 43.8 Å². The van der Waals surface area contributed by atoms with Gasteiger partial charge in [-0.2, -0.15) is 0 Å². The first-order chi connectivity index (χ1) is 14.7. The Bertz CT molecular complexity index is 701. The number of nitrogens with one attached hydrogen (secondary N) is 1. The molecule has 3 aliphatic heterocycles. The number of hydrogen-bond donors (Lipinski definition) is 1. The molecule has 3 heterocycles. The molecule has 0 aliphatic carbocycles. The van der Waals surface area contributed by atoms with Gasteiger partial charge in [0.1, 0.15) is 0 Å². The predicted octanol–water partition coefficient (Wildman–Crippen LogP) is 4.31. The van der Waals surface area contributed by atoms with Gasteiger partial charge in [0.15, 0.2) is 5.96 Å². The molecule has 3 saturated heterocycles. The van der Waals surface area contributed by atoms with E-state index in [9.17, 15) is 0 Å². The van der Waals surface area contributed by atoms with Crippen molar-refractivity contribution in [2.45, 2.75) is 51.6 Å². The summed E-state index contributed by atoms with van der Waals surface area (Å²) in [4.78, 5) is 12.8. The minimum absolute atomic E-state index is 0. The quantitative estimate of drug-likeness (QED) is 0.320. The van der Waals surface area contributed by atoms with Crippen LogP contribution in [-0.2, 0) is 6.54 Å². The standard InChI is InChI=1S/C24H38ClN5.HI/c1-2-26-24(30-16-11-22(19-30)29-12-5-6-13-29)27-17-20-9-14-28(15-10-20)18-21-7-3-4-8-23(21)25;/h3-4,7-8,20,22H,2,5-6,9-19H2,1H3,(H,26,27);1H. The summed E-state index contributed by atoms with van der Waals surface area (Å²) >= 11 is 6.34. The number of aliphatic imine (C=N–C) groups is 1. The van der Waals surface area contributed by atoms with Crippen LogP contribution in [0.4, 0.5) is 0 Å². The minimum atomic E-state index is 0. The van der Waals surface area contributed by atoms with Crippen LogP contribution < -0.4 is 5.32 Å². The van der Waals surface area contributed by atoms with E-state index in [0.29, 0.717) is 5.92 Å². The third-order valence-electron chi connectivity index (χ3n) is 7.01. The zero-order valence-electron chi connectivity index (χ0n) is 18.9. The molecular formula is C24H39ClIN5. The fraction of sp³-hybridized carbons (Fsp3) is 0.708. The molecule has 0 radical (unpaired) electrons. The number of likely N-dealkylation sites (tertiary alicyclic amines) is 3. The Morgan fingerprint density at radius 3 is 2.52 bits per heavy atom. The largest absolute Gasteiger partial charge is 0.357 e. The Morgan fingerprint density at radius 2 is 1.81 bits per heavy atom. The summed E-state index contributed by atoms with van der Waals surface area (Å²) in [6.45, 7) is 12.2. The number of piperidine rings is 1. The van der Waals surface area contributed by atoms with Crippen LogP contribution in [0.15, 0.2) is 29.3 Å². The highest BCUT2D eigenvalue weighted by Crippen LogP contribution is 2.23. The van der Waals surface area contributed by atoms with Crippen molar-refractivity contribution < 1.29 is 0 Å².